The van der Waals surface area contributed by atoms with Crippen molar-refractivity contribution in [2.24, 2.45) is 0 Å². The van der Waals surface area contributed by atoms with Crippen LogP contribution in [0.15, 0.2) is 48.6 Å². The lowest BCUT2D eigenvalue weighted by atomic mass is 10.1. The van der Waals surface area contributed by atoms with Crippen LogP contribution in [0, 0.1) is 0 Å². The van der Waals surface area contributed by atoms with Gasteiger partial charge in [0.15, 0.2) is 6.10 Å². The van der Waals surface area contributed by atoms with Gasteiger partial charge >= 0.3 is 25.7 Å². The van der Waals surface area contributed by atoms with Gasteiger partial charge in [-0.2, -0.15) is 0 Å². The Hall–Kier alpha value is -2.56. The van der Waals surface area contributed by atoms with Crippen LogP contribution in [0.5, 0.6) is 0 Å². The predicted octanol–water partition coefficient (Wildman–Crippen LogP) is 15.8. The molecule has 0 saturated carbocycles. The van der Waals surface area contributed by atoms with E-state index in [-0.39, 0.29) is 25.9 Å². The summed E-state index contributed by atoms with van der Waals surface area (Å²) < 4.78 is 39.4. The van der Waals surface area contributed by atoms with Gasteiger partial charge in [0.25, 0.3) is 0 Å². The second-order valence-electron chi connectivity index (χ2n) is 18.4. The van der Waals surface area contributed by atoms with E-state index < -0.39 is 57.8 Å². The molecule has 12 heteroatoms. The summed E-state index contributed by atoms with van der Waals surface area (Å²) in [5, 5.41) is 9.77. The number of phosphoric ester groups is 1. The monoisotopic (exact) mass is 981 g/mol. The maximum Gasteiger partial charge on any atom is 0.472 e. The Bertz CT molecular complexity index is 1330. The number of phosphoric acid groups is 1. The standard InChI is InChI=1S/C56H101O11P/c1-4-7-10-13-16-19-22-24-25-26-27-29-31-33-36-39-42-45-54(58)63-49-53(67-56(60)47-44-41-38-35-32-28-23-20-17-14-11-8-5-2)51-65-68(61,62)64-50-52(48-57)66-55(59)46-43-40-37-34-30-21-18-15-12-9-6-3/h11,14,16,19-20,23-25,52-53,57H,4-10,12-13,15,17-18,21-22,26-51H2,1-3H3,(H,61,62)/b14-11-,19-16-,23-20-,25-24-. The normalized spacial score (nSPS) is 13.8. The van der Waals surface area contributed by atoms with E-state index in [0.717, 1.165) is 103 Å². The molecule has 0 radical (unpaired) electrons. The number of hydrogen-bond acceptors (Lipinski definition) is 10. The van der Waals surface area contributed by atoms with Gasteiger partial charge in [-0.3, -0.25) is 23.4 Å². The van der Waals surface area contributed by atoms with Crippen molar-refractivity contribution in [1.82, 2.24) is 0 Å². The lowest BCUT2D eigenvalue weighted by Gasteiger charge is -2.21. The van der Waals surface area contributed by atoms with Crippen molar-refractivity contribution < 1.29 is 52.2 Å². The molecule has 0 aliphatic carbocycles. The summed E-state index contributed by atoms with van der Waals surface area (Å²) in [6, 6.07) is 0. The van der Waals surface area contributed by atoms with Crippen molar-refractivity contribution in [3.63, 3.8) is 0 Å². The molecule has 3 atom stereocenters. The number of unbranched alkanes of at least 4 members (excludes halogenated alkanes) is 26. The summed E-state index contributed by atoms with van der Waals surface area (Å²) in [5.41, 5.74) is 0. The van der Waals surface area contributed by atoms with Crippen LogP contribution in [0.1, 0.15) is 252 Å². The molecule has 0 rings (SSSR count). The molecule has 0 amide bonds. The summed E-state index contributed by atoms with van der Waals surface area (Å²) in [5.74, 6) is -1.48. The third-order valence-electron chi connectivity index (χ3n) is 11.7. The van der Waals surface area contributed by atoms with E-state index in [1.807, 2.05) is 0 Å². The molecule has 0 aromatic rings. The van der Waals surface area contributed by atoms with Crippen LogP contribution in [-0.2, 0) is 42.2 Å². The highest BCUT2D eigenvalue weighted by atomic mass is 31.2. The first kappa shape index (κ1) is 65.4. The molecule has 0 aliphatic heterocycles. The summed E-state index contributed by atoms with van der Waals surface area (Å²) in [6.07, 6.45) is 52.1. The highest BCUT2D eigenvalue weighted by molar-refractivity contribution is 7.47. The Labute approximate surface area is 415 Å². The maximum atomic E-state index is 12.9. The molecular formula is C56H101O11P. The van der Waals surface area contributed by atoms with Gasteiger partial charge in [0, 0.05) is 19.3 Å². The smallest absolute Gasteiger partial charge is 0.462 e. The fourth-order valence-corrected chi connectivity index (χ4v) is 8.27. The van der Waals surface area contributed by atoms with Crippen LogP contribution >= 0.6 is 7.82 Å². The Kier molecular flexibility index (Phi) is 48.9. The third kappa shape index (κ3) is 48.5. The molecule has 396 valence electrons. The van der Waals surface area contributed by atoms with Gasteiger partial charge in [0.1, 0.15) is 12.7 Å². The largest absolute Gasteiger partial charge is 0.472 e. The lowest BCUT2D eigenvalue weighted by Crippen LogP contribution is -2.30. The van der Waals surface area contributed by atoms with Crippen molar-refractivity contribution >= 4 is 25.7 Å². The molecule has 0 fully saturated rings. The van der Waals surface area contributed by atoms with Gasteiger partial charge in [-0.1, -0.05) is 204 Å². The first-order chi connectivity index (χ1) is 33.2. The minimum Gasteiger partial charge on any atom is -0.462 e. The number of aliphatic hydroxyl groups excluding tert-OH is 1. The topological polar surface area (TPSA) is 155 Å². The fourth-order valence-electron chi connectivity index (χ4n) is 7.48. The number of aliphatic hydroxyl groups is 1. The maximum absolute atomic E-state index is 12.9. The highest BCUT2D eigenvalue weighted by Crippen LogP contribution is 2.43. The Balaban J connectivity index is 4.73. The molecule has 68 heavy (non-hydrogen) atoms. The van der Waals surface area contributed by atoms with E-state index >= 15 is 0 Å². The Morgan fingerprint density at radius 3 is 1.18 bits per heavy atom. The number of ether oxygens (including phenoxy) is 3. The third-order valence-corrected chi connectivity index (χ3v) is 12.7. The van der Waals surface area contributed by atoms with Gasteiger partial charge < -0.3 is 24.2 Å². The molecule has 2 N–H and O–H groups in total. The van der Waals surface area contributed by atoms with Crippen molar-refractivity contribution in [3.8, 4) is 0 Å². The fraction of sp³-hybridized carbons (Fsp3) is 0.804. The zero-order valence-electron chi connectivity index (χ0n) is 43.6. The van der Waals surface area contributed by atoms with E-state index in [1.54, 1.807) is 0 Å². The number of esters is 3. The van der Waals surface area contributed by atoms with Crippen LogP contribution in [-0.4, -0.2) is 66.5 Å². The number of rotatable bonds is 51. The quantitative estimate of drug-likeness (QED) is 0.0197. The molecule has 0 aromatic heterocycles. The summed E-state index contributed by atoms with van der Waals surface area (Å²) in [6.45, 7) is 4.53. The van der Waals surface area contributed by atoms with Crippen LogP contribution in [0.3, 0.4) is 0 Å². The molecule has 0 aliphatic rings. The molecule has 0 aromatic carbocycles. The minimum absolute atomic E-state index is 0.151. The van der Waals surface area contributed by atoms with Crippen molar-refractivity contribution in [3.05, 3.63) is 48.6 Å². The minimum atomic E-state index is -4.74. The van der Waals surface area contributed by atoms with E-state index in [9.17, 15) is 28.9 Å². The van der Waals surface area contributed by atoms with Crippen LogP contribution in [0.4, 0.5) is 0 Å². The Morgan fingerprint density at radius 1 is 0.412 bits per heavy atom. The first-order valence-corrected chi connectivity index (χ1v) is 29.0. The van der Waals surface area contributed by atoms with Gasteiger partial charge in [0.05, 0.1) is 19.8 Å². The van der Waals surface area contributed by atoms with E-state index in [1.165, 1.54) is 89.9 Å². The summed E-state index contributed by atoms with van der Waals surface area (Å²) in [4.78, 5) is 48.4. The van der Waals surface area contributed by atoms with Crippen molar-refractivity contribution in [2.45, 2.75) is 264 Å². The van der Waals surface area contributed by atoms with Crippen LogP contribution in [0.2, 0.25) is 0 Å². The van der Waals surface area contributed by atoms with Gasteiger partial charge in [-0.25, -0.2) is 4.57 Å². The second kappa shape index (κ2) is 50.8. The second-order valence-corrected chi connectivity index (χ2v) is 19.8. The first-order valence-electron chi connectivity index (χ1n) is 27.5. The van der Waals surface area contributed by atoms with Gasteiger partial charge in [-0.15, -0.1) is 0 Å². The predicted molar refractivity (Wildman–Crippen MR) is 279 cm³/mol. The molecular weight excluding hydrogens is 880 g/mol. The van der Waals surface area contributed by atoms with Gasteiger partial charge in [-0.05, 0) is 77.0 Å². The van der Waals surface area contributed by atoms with Gasteiger partial charge in [0.2, 0.25) is 0 Å². The highest BCUT2D eigenvalue weighted by Gasteiger charge is 2.28. The summed E-state index contributed by atoms with van der Waals surface area (Å²) in [7, 11) is -4.74. The SMILES string of the molecule is CCC/C=C\C/C=C\CCCCCCCC(=O)OC(COC(=O)CCCCCCCCC/C=C\C/C=C\CCCCC)COP(=O)(O)OCC(CO)OC(=O)CCCCCCCCCCCCC. The van der Waals surface area contributed by atoms with E-state index in [4.69, 9.17) is 23.3 Å². The zero-order valence-corrected chi connectivity index (χ0v) is 44.5. The molecule has 0 bridgehead atoms. The molecule has 3 unspecified atom stereocenters. The average Bonchev–Trinajstić information content (AvgIpc) is 3.32. The summed E-state index contributed by atoms with van der Waals surface area (Å²) >= 11 is 0. The molecule has 11 nitrogen and oxygen atoms in total. The Morgan fingerprint density at radius 2 is 0.750 bits per heavy atom. The van der Waals surface area contributed by atoms with E-state index in [0.29, 0.717) is 19.3 Å². The molecule has 0 heterocycles. The number of hydrogen-bond donors (Lipinski definition) is 2. The van der Waals surface area contributed by atoms with E-state index in [2.05, 4.69) is 69.4 Å². The van der Waals surface area contributed by atoms with Crippen molar-refractivity contribution in [1.29, 1.82) is 0 Å². The molecule has 0 saturated heterocycles. The molecule has 0 spiro atoms. The van der Waals surface area contributed by atoms with Crippen LogP contribution < -0.4 is 0 Å². The number of carbonyl (C=O) groups excluding carboxylic acids is 3. The van der Waals surface area contributed by atoms with Crippen molar-refractivity contribution in [2.75, 3.05) is 26.4 Å². The number of carbonyl (C=O) groups is 3. The number of allylic oxidation sites excluding steroid dienone is 8. The zero-order chi connectivity index (χ0) is 49.9. The average molecular weight is 981 g/mol. The van der Waals surface area contributed by atoms with Crippen LogP contribution in [0.25, 0.3) is 0 Å². The lowest BCUT2D eigenvalue weighted by molar-refractivity contribution is -0.161.